The highest BCUT2D eigenvalue weighted by Crippen LogP contribution is 2.26. The van der Waals surface area contributed by atoms with Crippen LogP contribution < -0.4 is 5.32 Å². The van der Waals surface area contributed by atoms with E-state index in [1.54, 1.807) is 7.11 Å². The van der Waals surface area contributed by atoms with Gasteiger partial charge in [-0.2, -0.15) is 0 Å². The zero-order chi connectivity index (χ0) is 14.6. The first-order chi connectivity index (χ1) is 9.04. The fourth-order valence-electron chi connectivity index (χ4n) is 2.21. The molecule has 0 aliphatic rings. The average molecular weight is 273 g/mol. The molecule has 0 aromatic rings. The molecule has 116 valence electrons. The van der Waals surface area contributed by atoms with Crippen LogP contribution >= 0.6 is 0 Å². The Morgan fingerprint density at radius 2 is 1.84 bits per heavy atom. The molecule has 0 amide bonds. The summed E-state index contributed by atoms with van der Waals surface area (Å²) < 4.78 is 10.8. The van der Waals surface area contributed by atoms with Gasteiger partial charge in [0.1, 0.15) is 0 Å². The Bertz CT molecular complexity index is 197. The molecule has 3 nitrogen and oxygen atoms in total. The van der Waals surface area contributed by atoms with Crippen molar-refractivity contribution in [3.63, 3.8) is 0 Å². The molecule has 19 heavy (non-hydrogen) atoms. The summed E-state index contributed by atoms with van der Waals surface area (Å²) in [5.41, 5.74) is 0.348. The smallest absolute Gasteiger partial charge is 0.0587 e. The molecular formula is C16H35NO2. The van der Waals surface area contributed by atoms with Crippen LogP contribution in [0.4, 0.5) is 0 Å². The van der Waals surface area contributed by atoms with Crippen molar-refractivity contribution in [1.29, 1.82) is 0 Å². The van der Waals surface area contributed by atoms with Crippen molar-refractivity contribution in [2.24, 2.45) is 11.3 Å². The molecule has 0 saturated heterocycles. The van der Waals surface area contributed by atoms with Gasteiger partial charge in [-0.25, -0.2) is 0 Å². The quantitative estimate of drug-likeness (QED) is 0.521. The summed E-state index contributed by atoms with van der Waals surface area (Å²) in [4.78, 5) is 0. The Morgan fingerprint density at radius 3 is 2.42 bits per heavy atom. The van der Waals surface area contributed by atoms with Crippen molar-refractivity contribution >= 4 is 0 Å². The van der Waals surface area contributed by atoms with Gasteiger partial charge >= 0.3 is 0 Å². The Labute approximate surface area is 120 Å². The number of nitrogens with one attached hydrogen (secondary N) is 1. The molecule has 0 aliphatic carbocycles. The van der Waals surface area contributed by atoms with Crippen molar-refractivity contribution in [2.75, 3.05) is 40.0 Å². The minimum atomic E-state index is 0.348. The van der Waals surface area contributed by atoms with Crippen LogP contribution in [0.3, 0.4) is 0 Å². The third-order valence-electron chi connectivity index (χ3n) is 3.58. The van der Waals surface area contributed by atoms with Crippen molar-refractivity contribution < 1.29 is 9.47 Å². The van der Waals surface area contributed by atoms with E-state index in [4.69, 9.17) is 9.47 Å². The molecule has 1 unspecified atom stereocenters. The first kappa shape index (κ1) is 18.9. The van der Waals surface area contributed by atoms with Gasteiger partial charge in [0.2, 0.25) is 0 Å². The maximum absolute atomic E-state index is 5.76. The highest BCUT2D eigenvalue weighted by Gasteiger charge is 2.22. The van der Waals surface area contributed by atoms with Crippen LogP contribution in [-0.2, 0) is 9.47 Å². The van der Waals surface area contributed by atoms with Gasteiger partial charge < -0.3 is 14.8 Å². The van der Waals surface area contributed by atoms with E-state index in [0.717, 1.165) is 51.7 Å². The molecule has 0 fully saturated rings. The van der Waals surface area contributed by atoms with Crippen LogP contribution in [0.25, 0.3) is 0 Å². The van der Waals surface area contributed by atoms with Gasteiger partial charge in [0.25, 0.3) is 0 Å². The maximum atomic E-state index is 5.76. The van der Waals surface area contributed by atoms with E-state index in [0.29, 0.717) is 5.41 Å². The molecule has 0 radical (unpaired) electrons. The zero-order valence-electron chi connectivity index (χ0n) is 13.8. The number of hydrogen-bond donors (Lipinski definition) is 1. The standard InChI is InChI=1S/C16H35NO2/c1-6-8-16(4,14-17-10-13-18-5)9-12-19-11-7-15(2)3/h15,17H,6-14H2,1-5H3. The molecule has 0 bridgehead atoms. The Kier molecular flexibility index (Phi) is 11.6. The van der Waals surface area contributed by atoms with Crippen LogP contribution in [0.15, 0.2) is 0 Å². The second-order valence-electron chi connectivity index (χ2n) is 6.28. The van der Waals surface area contributed by atoms with Gasteiger partial charge in [0.15, 0.2) is 0 Å². The molecule has 0 spiro atoms. The lowest BCUT2D eigenvalue weighted by molar-refractivity contribution is 0.0866. The lowest BCUT2D eigenvalue weighted by Gasteiger charge is -2.29. The van der Waals surface area contributed by atoms with E-state index in [9.17, 15) is 0 Å². The molecule has 0 aromatic carbocycles. The van der Waals surface area contributed by atoms with Gasteiger partial charge in [0.05, 0.1) is 6.61 Å². The van der Waals surface area contributed by atoms with Crippen molar-refractivity contribution in [1.82, 2.24) is 5.32 Å². The van der Waals surface area contributed by atoms with E-state index in [-0.39, 0.29) is 0 Å². The Hall–Kier alpha value is -0.120. The van der Waals surface area contributed by atoms with E-state index in [1.165, 1.54) is 12.8 Å². The summed E-state index contributed by atoms with van der Waals surface area (Å²) in [7, 11) is 1.75. The van der Waals surface area contributed by atoms with Crippen molar-refractivity contribution in [3.8, 4) is 0 Å². The third kappa shape index (κ3) is 11.4. The highest BCUT2D eigenvalue weighted by atomic mass is 16.5. The number of ether oxygens (including phenoxy) is 2. The van der Waals surface area contributed by atoms with Gasteiger partial charge in [-0.05, 0) is 30.6 Å². The topological polar surface area (TPSA) is 30.5 Å². The zero-order valence-corrected chi connectivity index (χ0v) is 13.8. The molecule has 1 atom stereocenters. The van der Waals surface area contributed by atoms with Crippen LogP contribution in [0.5, 0.6) is 0 Å². The first-order valence-corrected chi connectivity index (χ1v) is 7.81. The third-order valence-corrected chi connectivity index (χ3v) is 3.58. The fourth-order valence-corrected chi connectivity index (χ4v) is 2.21. The fraction of sp³-hybridized carbons (Fsp3) is 1.00. The van der Waals surface area contributed by atoms with Crippen LogP contribution in [0.1, 0.15) is 53.4 Å². The van der Waals surface area contributed by atoms with Gasteiger partial charge in [-0.1, -0.05) is 34.1 Å². The van der Waals surface area contributed by atoms with Crippen molar-refractivity contribution in [2.45, 2.75) is 53.4 Å². The SMILES string of the molecule is CCCC(C)(CCOCCC(C)C)CNCCOC. The number of methoxy groups -OCH3 is 1. The normalized spacial score (nSPS) is 14.8. The van der Waals surface area contributed by atoms with E-state index >= 15 is 0 Å². The summed E-state index contributed by atoms with van der Waals surface area (Å²) in [6.45, 7) is 13.7. The van der Waals surface area contributed by atoms with Crippen LogP contribution in [0.2, 0.25) is 0 Å². The number of rotatable bonds is 13. The Morgan fingerprint density at radius 1 is 1.11 bits per heavy atom. The lowest BCUT2D eigenvalue weighted by atomic mass is 9.82. The van der Waals surface area contributed by atoms with Gasteiger partial charge in [0, 0.05) is 33.4 Å². The monoisotopic (exact) mass is 273 g/mol. The molecule has 0 aromatic heterocycles. The molecule has 0 rings (SSSR count). The molecule has 1 N–H and O–H groups in total. The summed E-state index contributed by atoms with van der Waals surface area (Å²) in [5, 5.41) is 3.49. The summed E-state index contributed by atoms with van der Waals surface area (Å²) in [5.74, 6) is 0.734. The first-order valence-electron chi connectivity index (χ1n) is 7.81. The molecule has 0 saturated carbocycles. The van der Waals surface area contributed by atoms with Crippen molar-refractivity contribution in [3.05, 3.63) is 0 Å². The molecule has 0 aliphatic heterocycles. The van der Waals surface area contributed by atoms with E-state index in [2.05, 4.69) is 33.0 Å². The Balaban J connectivity index is 3.80. The predicted octanol–water partition coefficient (Wildman–Crippen LogP) is 3.48. The summed E-state index contributed by atoms with van der Waals surface area (Å²) in [6, 6.07) is 0. The van der Waals surface area contributed by atoms with Gasteiger partial charge in [-0.15, -0.1) is 0 Å². The number of hydrogen-bond acceptors (Lipinski definition) is 3. The predicted molar refractivity (Wildman–Crippen MR) is 82.7 cm³/mol. The van der Waals surface area contributed by atoms with Gasteiger partial charge in [-0.3, -0.25) is 0 Å². The molecule has 0 heterocycles. The molecule has 3 heteroatoms. The van der Waals surface area contributed by atoms with E-state index in [1.807, 2.05) is 0 Å². The average Bonchev–Trinajstić information content (AvgIpc) is 2.34. The second kappa shape index (κ2) is 11.7. The lowest BCUT2D eigenvalue weighted by Crippen LogP contribution is -2.34. The summed E-state index contributed by atoms with van der Waals surface area (Å²) >= 11 is 0. The summed E-state index contributed by atoms with van der Waals surface area (Å²) in [6.07, 6.45) is 4.78. The minimum Gasteiger partial charge on any atom is -0.383 e. The maximum Gasteiger partial charge on any atom is 0.0587 e. The highest BCUT2D eigenvalue weighted by molar-refractivity contribution is 4.76. The largest absolute Gasteiger partial charge is 0.383 e. The van der Waals surface area contributed by atoms with E-state index < -0.39 is 0 Å². The van der Waals surface area contributed by atoms with Crippen LogP contribution in [0, 0.1) is 11.3 Å². The minimum absolute atomic E-state index is 0.348. The molecular weight excluding hydrogens is 238 g/mol. The second-order valence-corrected chi connectivity index (χ2v) is 6.28. The van der Waals surface area contributed by atoms with Crippen LogP contribution in [-0.4, -0.2) is 40.0 Å².